The summed E-state index contributed by atoms with van der Waals surface area (Å²) in [6.45, 7) is 4.91. The van der Waals surface area contributed by atoms with Gasteiger partial charge >= 0.3 is 0 Å². The highest BCUT2D eigenvalue weighted by molar-refractivity contribution is 7.80. The van der Waals surface area contributed by atoms with Crippen LogP contribution in [0.15, 0.2) is 79.1 Å². The smallest absolute Gasteiger partial charge is 0.170 e. The predicted octanol–water partition coefficient (Wildman–Crippen LogP) is 5.71. The van der Waals surface area contributed by atoms with Gasteiger partial charge < -0.3 is 14.8 Å². The van der Waals surface area contributed by atoms with Gasteiger partial charge in [-0.05, 0) is 86.2 Å². The topological polar surface area (TPSA) is 46.0 Å². The maximum absolute atomic E-state index is 6.14. The number of rotatable bonds is 5. The molecule has 0 spiro atoms. The van der Waals surface area contributed by atoms with E-state index in [1.54, 1.807) is 0 Å². The van der Waals surface area contributed by atoms with Crippen LogP contribution in [-0.2, 0) is 6.54 Å². The minimum Gasteiger partial charge on any atom is -0.352 e. The molecule has 1 aromatic carbocycles. The van der Waals surface area contributed by atoms with Crippen molar-refractivity contribution < 1.29 is 0 Å². The van der Waals surface area contributed by atoms with Crippen molar-refractivity contribution in [1.29, 1.82) is 0 Å². The molecular weight excluding hydrogens is 450 g/mol. The minimum atomic E-state index is -0.0680. The maximum Gasteiger partial charge on any atom is 0.170 e. The molecular formula is C26H24ClN5S. The van der Waals surface area contributed by atoms with Crippen LogP contribution < -0.4 is 5.32 Å². The summed E-state index contributed by atoms with van der Waals surface area (Å²) >= 11 is 12.0. The Balaban J connectivity index is 1.61. The number of hydrogen-bond donors (Lipinski definition) is 1. The van der Waals surface area contributed by atoms with E-state index in [0.29, 0.717) is 11.7 Å². The molecule has 1 saturated heterocycles. The number of aryl methyl sites for hydroxylation is 1. The third-order valence-corrected chi connectivity index (χ3v) is 6.73. The zero-order valence-corrected chi connectivity index (χ0v) is 20.0. The van der Waals surface area contributed by atoms with E-state index in [-0.39, 0.29) is 12.1 Å². The predicted molar refractivity (Wildman–Crippen MR) is 135 cm³/mol. The molecule has 0 bridgehead atoms. The first-order valence-corrected chi connectivity index (χ1v) is 11.6. The lowest BCUT2D eigenvalue weighted by atomic mass is 9.96. The fourth-order valence-electron chi connectivity index (χ4n) is 4.66. The summed E-state index contributed by atoms with van der Waals surface area (Å²) in [6.07, 6.45) is 3.65. The molecule has 1 aliphatic heterocycles. The third kappa shape index (κ3) is 4.12. The zero-order chi connectivity index (χ0) is 22.9. The Bertz CT molecular complexity index is 1270. The minimum absolute atomic E-state index is 0.0262. The SMILES string of the molecule is Cc1cc([C@@H]2[C@@H](c3ccccn3)NC(=S)N2Cc2ccccn2)c(C)n1-c1ccc(Cl)cc1. The van der Waals surface area contributed by atoms with Gasteiger partial charge in [0.15, 0.2) is 5.11 Å². The van der Waals surface area contributed by atoms with Crippen LogP contribution in [0.2, 0.25) is 5.02 Å². The number of hydrogen-bond acceptors (Lipinski definition) is 3. The molecule has 7 heteroatoms. The van der Waals surface area contributed by atoms with Gasteiger partial charge in [-0.25, -0.2) is 0 Å². The summed E-state index contributed by atoms with van der Waals surface area (Å²) in [5.74, 6) is 0. The lowest BCUT2D eigenvalue weighted by Gasteiger charge is -2.28. The van der Waals surface area contributed by atoms with Crippen molar-refractivity contribution >= 4 is 28.9 Å². The van der Waals surface area contributed by atoms with Crippen molar-refractivity contribution in [3.63, 3.8) is 0 Å². The van der Waals surface area contributed by atoms with E-state index in [1.807, 2.05) is 67.0 Å². The highest BCUT2D eigenvalue weighted by Crippen LogP contribution is 2.42. The Morgan fingerprint density at radius 3 is 2.36 bits per heavy atom. The van der Waals surface area contributed by atoms with E-state index in [4.69, 9.17) is 23.8 Å². The zero-order valence-electron chi connectivity index (χ0n) is 18.4. The first-order chi connectivity index (χ1) is 16.0. The largest absolute Gasteiger partial charge is 0.352 e. The van der Waals surface area contributed by atoms with Gasteiger partial charge in [-0.1, -0.05) is 23.7 Å². The maximum atomic E-state index is 6.14. The highest BCUT2D eigenvalue weighted by Gasteiger charge is 2.41. The third-order valence-electron chi connectivity index (χ3n) is 6.13. The number of thiocarbonyl (C=S) groups is 1. The first kappa shape index (κ1) is 21.6. The highest BCUT2D eigenvalue weighted by atomic mass is 35.5. The first-order valence-electron chi connectivity index (χ1n) is 10.9. The van der Waals surface area contributed by atoms with Gasteiger partial charge in [-0.15, -0.1) is 0 Å². The molecule has 0 radical (unpaired) electrons. The molecule has 166 valence electrons. The molecule has 1 aliphatic rings. The van der Waals surface area contributed by atoms with E-state index < -0.39 is 0 Å². The van der Waals surface area contributed by atoms with Gasteiger partial charge in [-0.3, -0.25) is 9.97 Å². The number of nitrogens with one attached hydrogen (secondary N) is 1. The Kier molecular flexibility index (Phi) is 5.87. The van der Waals surface area contributed by atoms with Crippen molar-refractivity contribution in [3.8, 4) is 5.69 Å². The second-order valence-electron chi connectivity index (χ2n) is 8.21. The second-order valence-corrected chi connectivity index (χ2v) is 9.04. The molecule has 1 fully saturated rings. The Hall–Kier alpha value is -3.22. The number of aromatic nitrogens is 3. The van der Waals surface area contributed by atoms with Gasteiger partial charge in [-0.2, -0.15) is 0 Å². The van der Waals surface area contributed by atoms with Gasteiger partial charge in [0.25, 0.3) is 0 Å². The lowest BCUT2D eigenvalue weighted by molar-refractivity contribution is 0.307. The van der Waals surface area contributed by atoms with Crippen molar-refractivity contribution in [2.45, 2.75) is 32.5 Å². The Morgan fingerprint density at radius 1 is 0.970 bits per heavy atom. The standard InChI is InChI=1S/C26H24ClN5S/c1-17-15-22(18(2)32(17)21-11-9-19(27)10-12-21)25-24(23-8-4-6-14-29-23)30-26(33)31(25)16-20-7-3-5-13-28-20/h3-15,24-25H,16H2,1-2H3,(H,30,33)/t24-,25-/m1/s1. The van der Waals surface area contributed by atoms with E-state index in [2.05, 4.69) is 50.7 Å². The molecule has 33 heavy (non-hydrogen) atoms. The molecule has 3 aromatic heterocycles. The van der Waals surface area contributed by atoms with Crippen LogP contribution in [0, 0.1) is 13.8 Å². The van der Waals surface area contributed by atoms with Crippen LogP contribution in [-0.4, -0.2) is 24.5 Å². The Morgan fingerprint density at radius 2 is 1.70 bits per heavy atom. The van der Waals surface area contributed by atoms with Crippen LogP contribution in [0.3, 0.4) is 0 Å². The van der Waals surface area contributed by atoms with Gasteiger partial charge in [0.1, 0.15) is 0 Å². The van der Waals surface area contributed by atoms with E-state index in [1.165, 1.54) is 11.3 Å². The molecule has 5 nitrogen and oxygen atoms in total. The van der Waals surface area contributed by atoms with Crippen molar-refractivity contribution in [1.82, 2.24) is 24.8 Å². The number of benzene rings is 1. The van der Waals surface area contributed by atoms with Crippen LogP contribution in [0.5, 0.6) is 0 Å². The molecule has 2 atom stereocenters. The van der Waals surface area contributed by atoms with Crippen LogP contribution in [0.4, 0.5) is 0 Å². The van der Waals surface area contributed by atoms with Crippen molar-refractivity contribution in [2.75, 3.05) is 0 Å². The van der Waals surface area contributed by atoms with Crippen LogP contribution in [0.25, 0.3) is 5.69 Å². The second kappa shape index (κ2) is 8.96. The quantitative estimate of drug-likeness (QED) is 0.376. The molecule has 4 heterocycles. The normalized spacial score (nSPS) is 17.9. The molecule has 5 rings (SSSR count). The average Bonchev–Trinajstić information content (AvgIpc) is 3.31. The summed E-state index contributed by atoms with van der Waals surface area (Å²) in [7, 11) is 0. The summed E-state index contributed by atoms with van der Waals surface area (Å²) < 4.78 is 2.27. The van der Waals surface area contributed by atoms with E-state index in [9.17, 15) is 0 Å². The molecule has 1 N–H and O–H groups in total. The molecule has 0 saturated carbocycles. The van der Waals surface area contributed by atoms with Crippen molar-refractivity contribution in [3.05, 3.63) is 112 Å². The van der Waals surface area contributed by atoms with Gasteiger partial charge in [0.2, 0.25) is 0 Å². The van der Waals surface area contributed by atoms with E-state index >= 15 is 0 Å². The van der Waals surface area contributed by atoms with Crippen LogP contribution in [0.1, 0.15) is 40.4 Å². The molecule has 4 aromatic rings. The molecule has 0 aliphatic carbocycles. The lowest BCUT2D eigenvalue weighted by Crippen LogP contribution is -2.29. The fraction of sp³-hybridized carbons (Fsp3) is 0.192. The summed E-state index contributed by atoms with van der Waals surface area (Å²) in [6, 6.07) is 22.1. The average molecular weight is 474 g/mol. The van der Waals surface area contributed by atoms with E-state index in [0.717, 1.165) is 27.8 Å². The van der Waals surface area contributed by atoms with Crippen molar-refractivity contribution in [2.24, 2.45) is 0 Å². The monoisotopic (exact) mass is 473 g/mol. The van der Waals surface area contributed by atoms with Crippen LogP contribution >= 0.6 is 23.8 Å². The van der Waals surface area contributed by atoms with Gasteiger partial charge in [0.05, 0.1) is 30.0 Å². The number of nitrogens with zero attached hydrogens (tertiary/aromatic N) is 4. The summed E-state index contributed by atoms with van der Waals surface area (Å²) in [4.78, 5) is 11.4. The molecule has 0 unspecified atom stereocenters. The Labute approximate surface area is 204 Å². The number of pyridine rings is 2. The summed E-state index contributed by atoms with van der Waals surface area (Å²) in [5.41, 5.74) is 6.55. The summed E-state index contributed by atoms with van der Waals surface area (Å²) in [5, 5.41) is 4.96. The number of halogens is 1. The van der Waals surface area contributed by atoms with Gasteiger partial charge in [0, 0.05) is 34.5 Å². The molecule has 0 amide bonds. The fourth-order valence-corrected chi connectivity index (χ4v) is 5.09.